The third kappa shape index (κ3) is 4.72. The number of pyridine rings is 1. The van der Waals surface area contributed by atoms with E-state index in [0.29, 0.717) is 23.7 Å². The Bertz CT molecular complexity index is 1390. The largest absolute Gasteiger partial charge is 0.360 e. The van der Waals surface area contributed by atoms with Gasteiger partial charge in [0.05, 0.1) is 10.6 Å². The fourth-order valence-corrected chi connectivity index (χ4v) is 5.95. The van der Waals surface area contributed by atoms with Crippen molar-refractivity contribution in [3.63, 3.8) is 0 Å². The maximum absolute atomic E-state index is 13.4. The summed E-state index contributed by atoms with van der Waals surface area (Å²) in [5, 5.41) is 0.186. The van der Waals surface area contributed by atoms with Gasteiger partial charge in [-0.1, -0.05) is 32.9 Å². The Balaban J connectivity index is 1.71. The van der Waals surface area contributed by atoms with Crippen molar-refractivity contribution < 1.29 is 13.2 Å². The molecule has 1 aliphatic rings. The molecule has 186 valence electrons. The number of anilines is 1. The van der Waals surface area contributed by atoms with E-state index in [1.807, 2.05) is 19.1 Å². The number of carbonyl (C=O) groups excluding carboxylic acids is 1. The number of H-pyrrole nitrogens is 1. The highest BCUT2D eigenvalue weighted by molar-refractivity contribution is 7.92. The van der Waals surface area contributed by atoms with Gasteiger partial charge in [-0.2, -0.15) is 0 Å². The number of hydrogen-bond acceptors (Lipinski definition) is 4. The molecule has 8 heteroatoms. The predicted octanol–water partition coefficient (Wildman–Crippen LogP) is 4.88. The van der Waals surface area contributed by atoms with Crippen molar-refractivity contribution in [1.29, 1.82) is 0 Å². The SMILES string of the molecule is CCC1CCCCN1C(=O)c1c[nH]c2ccc(S(=O)(=O)N(C)c3ccc(C(C)C)cc3)cc2c1=O. The van der Waals surface area contributed by atoms with Crippen molar-refractivity contribution in [2.45, 2.75) is 63.3 Å². The highest BCUT2D eigenvalue weighted by atomic mass is 32.2. The van der Waals surface area contributed by atoms with Crippen LogP contribution in [-0.2, 0) is 10.0 Å². The van der Waals surface area contributed by atoms with E-state index < -0.39 is 15.5 Å². The van der Waals surface area contributed by atoms with Crippen LogP contribution in [0.4, 0.5) is 5.69 Å². The molecule has 1 amide bonds. The summed E-state index contributed by atoms with van der Waals surface area (Å²) in [4.78, 5) is 31.4. The average Bonchev–Trinajstić information content (AvgIpc) is 2.87. The zero-order chi connectivity index (χ0) is 25.3. The molecule has 0 saturated carbocycles. The fraction of sp³-hybridized carbons (Fsp3) is 0.407. The average molecular weight is 496 g/mol. The maximum atomic E-state index is 13.4. The normalized spacial score (nSPS) is 16.6. The lowest BCUT2D eigenvalue weighted by molar-refractivity contribution is 0.0606. The smallest absolute Gasteiger partial charge is 0.264 e. The summed E-state index contributed by atoms with van der Waals surface area (Å²) in [6.45, 7) is 6.83. The van der Waals surface area contributed by atoms with Crippen molar-refractivity contribution in [3.8, 4) is 0 Å². The second kappa shape index (κ2) is 9.85. The van der Waals surface area contributed by atoms with Gasteiger partial charge < -0.3 is 9.88 Å². The van der Waals surface area contributed by atoms with Crippen LogP contribution in [0, 0.1) is 0 Å². The fourth-order valence-electron chi connectivity index (χ4n) is 4.73. The molecule has 0 bridgehead atoms. The summed E-state index contributed by atoms with van der Waals surface area (Å²) >= 11 is 0. The number of hydrogen-bond donors (Lipinski definition) is 1. The van der Waals surface area contributed by atoms with Crippen LogP contribution >= 0.6 is 0 Å². The first kappa shape index (κ1) is 25.0. The van der Waals surface area contributed by atoms with Gasteiger partial charge in [0.2, 0.25) is 5.43 Å². The van der Waals surface area contributed by atoms with E-state index in [2.05, 4.69) is 18.8 Å². The van der Waals surface area contributed by atoms with Gasteiger partial charge in [-0.05, 0) is 67.5 Å². The lowest BCUT2D eigenvalue weighted by Gasteiger charge is -2.35. The number of sulfonamides is 1. The zero-order valence-corrected chi connectivity index (χ0v) is 21.6. The highest BCUT2D eigenvalue weighted by Gasteiger charge is 2.29. The molecule has 3 aromatic rings. The molecule has 1 unspecified atom stereocenters. The number of benzene rings is 2. The molecular weight excluding hydrogens is 462 g/mol. The van der Waals surface area contributed by atoms with Crippen LogP contribution in [-0.4, -0.2) is 43.8 Å². The van der Waals surface area contributed by atoms with Gasteiger partial charge in [0.1, 0.15) is 5.56 Å². The molecule has 4 rings (SSSR count). The van der Waals surface area contributed by atoms with Crippen LogP contribution < -0.4 is 9.73 Å². The van der Waals surface area contributed by atoms with E-state index in [0.717, 1.165) is 31.2 Å². The number of likely N-dealkylation sites (tertiary alicyclic amines) is 1. The van der Waals surface area contributed by atoms with E-state index in [1.165, 1.54) is 29.7 Å². The van der Waals surface area contributed by atoms with Crippen LogP contribution in [0.25, 0.3) is 10.9 Å². The molecule has 1 saturated heterocycles. The van der Waals surface area contributed by atoms with Gasteiger partial charge in [0.15, 0.2) is 0 Å². The third-order valence-electron chi connectivity index (χ3n) is 7.02. The van der Waals surface area contributed by atoms with Crippen molar-refractivity contribution >= 4 is 32.5 Å². The number of amides is 1. The zero-order valence-electron chi connectivity index (χ0n) is 20.7. The maximum Gasteiger partial charge on any atom is 0.264 e. The summed E-state index contributed by atoms with van der Waals surface area (Å²) in [5.41, 5.74) is 1.73. The van der Waals surface area contributed by atoms with E-state index >= 15 is 0 Å². The number of piperidine rings is 1. The van der Waals surface area contributed by atoms with E-state index in [1.54, 1.807) is 23.1 Å². The molecule has 2 heterocycles. The minimum Gasteiger partial charge on any atom is -0.360 e. The van der Waals surface area contributed by atoms with Crippen LogP contribution in [0.5, 0.6) is 0 Å². The number of carbonyl (C=O) groups is 1. The molecule has 1 aliphatic heterocycles. The Kier molecular flexibility index (Phi) is 7.03. The van der Waals surface area contributed by atoms with Gasteiger partial charge in [-0.3, -0.25) is 13.9 Å². The first-order chi connectivity index (χ1) is 16.6. The lowest BCUT2D eigenvalue weighted by Crippen LogP contribution is -2.44. The number of aromatic amines is 1. The first-order valence-electron chi connectivity index (χ1n) is 12.2. The number of rotatable bonds is 6. The summed E-state index contributed by atoms with van der Waals surface area (Å²) in [6.07, 6.45) is 5.21. The molecule has 35 heavy (non-hydrogen) atoms. The number of fused-ring (bicyclic) bond motifs is 1. The van der Waals surface area contributed by atoms with Crippen LogP contribution in [0.1, 0.15) is 68.3 Å². The highest BCUT2D eigenvalue weighted by Crippen LogP contribution is 2.26. The van der Waals surface area contributed by atoms with Gasteiger partial charge in [-0.25, -0.2) is 8.42 Å². The summed E-state index contributed by atoms with van der Waals surface area (Å²) in [6, 6.07) is 11.9. The molecule has 1 fully saturated rings. The number of aromatic nitrogens is 1. The molecule has 1 atom stereocenters. The quantitative estimate of drug-likeness (QED) is 0.528. The van der Waals surface area contributed by atoms with Crippen molar-refractivity contribution in [3.05, 3.63) is 70.0 Å². The Morgan fingerprint density at radius 1 is 1.14 bits per heavy atom. The molecule has 7 nitrogen and oxygen atoms in total. The standard InChI is InChI=1S/C27H33N3O4S/c1-5-20-8-6-7-15-30(20)27(32)24-17-28-25-14-13-22(16-23(25)26(24)31)35(33,34)29(4)21-11-9-19(10-12-21)18(2)3/h9-14,16-18,20H,5-8,15H2,1-4H3,(H,28,31). The molecule has 2 aromatic carbocycles. The molecule has 0 aliphatic carbocycles. The monoisotopic (exact) mass is 495 g/mol. The predicted molar refractivity (Wildman–Crippen MR) is 140 cm³/mol. The van der Waals surface area contributed by atoms with Crippen LogP contribution in [0.2, 0.25) is 0 Å². The molecular formula is C27H33N3O4S. The molecule has 0 radical (unpaired) electrons. The van der Waals surface area contributed by atoms with Gasteiger partial charge in [-0.15, -0.1) is 0 Å². The van der Waals surface area contributed by atoms with E-state index in [4.69, 9.17) is 0 Å². The topological polar surface area (TPSA) is 90.6 Å². The number of nitrogens with zero attached hydrogens (tertiary/aromatic N) is 2. The second-order valence-corrected chi connectivity index (χ2v) is 11.5. The second-order valence-electron chi connectivity index (χ2n) is 9.51. The summed E-state index contributed by atoms with van der Waals surface area (Å²) in [5.74, 6) is 0.0444. The van der Waals surface area contributed by atoms with Crippen LogP contribution in [0.15, 0.2) is 58.4 Å². The van der Waals surface area contributed by atoms with Crippen LogP contribution in [0.3, 0.4) is 0 Å². The van der Waals surface area contributed by atoms with Crippen molar-refractivity contribution in [2.24, 2.45) is 0 Å². The first-order valence-corrected chi connectivity index (χ1v) is 13.6. The minimum absolute atomic E-state index is 0.0000534. The Morgan fingerprint density at radius 3 is 2.51 bits per heavy atom. The summed E-state index contributed by atoms with van der Waals surface area (Å²) < 4.78 is 28.0. The van der Waals surface area contributed by atoms with Gasteiger partial charge in [0.25, 0.3) is 15.9 Å². The Labute approximate surface area is 206 Å². The summed E-state index contributed by atoms with van der Waals surface area (Å²) in [7, 11) is -2.42. The van der Waals surface area contributed by atoms with Gasteiger partial charge >= 0.3 is 0 Å². The molecule has 1 N–H and O–H groups in total. The molecule has 0 spiro atoms. The van der Waals surface area contributed by atoms with E-state index in [-0.39, 0.29) is 27.8 Å². The van der Waals surface area contributed by atoms with Crippen molar-refractivity contribution in [2.75, 3.05) is 17.9 Å². The van der Waals surface area contributed by atoms with Gasteiger partial charge in [0, 0.05) is 36.7 Å². The lowest BCUT2D eigenvalue weighted by atomic mass is 9.99. The van der Waals surface area contributed by atoms with E-state index in [9.17, 15) is 18.0 Å². The Hall–Kier alpha value is -3.13. The van der Waals surface area contributed by atoms with Crippen molar-refractivity contribution in [1.82, 2.24) is 9.88 Å². The number of nitrogens with one attached hydrogen (secondary N) is 1. The Morgan fingerprint density at radius 2 is 1.86 bits per heavy atom. The molecule has 1 aromatic heterocycles. The third-order valence-corrected chi connectivity index (χ3v) is 8.81. The minimum atomic E-state index is -3.91.